The Morgan fingerprint density at radius 1 is 1.43 bits per heavy atom. The van der Waals surface area contributed by atoms with Crippen molar-refractivity contribution >= 4 is 11.4 Å². The van der Waals surface area contributed by atoms with Crippen molar-refractivity contribution < 1.29 is 13.6 Å². The van der Waals surface area contributed by atoms with Gasteiger partial charge in [-0.25, -0.2) is 8.78 Å². The van der Waals surface area contributed by atoms with Gasteiger partial charge in [-0.05, 0) is 18.2 Å². The molecule has 0 aliphatic carbocycles. The third-order valence-corrected chi connectivity index (χ3v) is 1.90. The van der Waals surface area contributed by atoms with Crippen LogP contribution >= 0.6 is 0 Å². The molecule has 0 aliphatic rings. The fraction of sp³-hybridized carbons (Fsp3) is 0.333. The van der Waals surface area contributed by atoms with Gasteiger partial charge in [0.05, 0.1) is 12.8 Å². The normalized spacial score (nSPS) is 10.6. The van der Waals surface area contributed by atoms with Gasteiger partial charge in [0.1, 0.15) is 0 Å². The van der Waals surface area contributed by atoms with E-state index in [-0.39, 0.29) is 5.56 Å². The Morgan fingerprint density at radius 2 is 2.07 bits per heavy atom. The quantitative estimate of drug-likeness (QED) is 0.603. The van der Waals surface area contributed by atoms with Crippen molar-refractivity contribution in [2.24, 2.45) is 0 Å². The van der Waals surface area contributed by atoms with Crippen molar-refractivity contribution in [3.63, 3.8) is 0 Å². The Hall–Kier alpha value is -1.36. The molecule has 0 spiro atoms. The molecule has 0 aromatic heterocycles. The Balaban J connectivity index is 3.14. The number of benzene rings is 1. The first-order chi connectivity index (χ1) is 6.56. The van der Waals surface area contributed by atoms with E-state index in [1.54, 1.807) is 13.1 Å². The van der Waals surface area contributed by atoms with Crippen molar-refractivity contribution in [2.45, 2.75) is 6.43 Å². The van der Waals surface area contributed by atoms with Crippen LogP contribution in [0.3, 0.4) is 0 Å². The van der Waals surface area contributed by atoms with Crippen molar-refractivity contribution in [1.29, 1.82) is 0 Å². The highest BCUT2D eigenvalue weighted by molar-refractivity contribution is 5.58. The minimum absolute atomic E-state index is 0.130. The average molecular weight is 202 g/mol. The van der Waals surface area contributed by atoms with E-state index in [1.165, 1.54) is 24.3 Å². The molecule has 5 heteroatoms. The molecule has 2 N–H and O–H groups in total. The molecule has 0 atom stereocenters. The van der Waals surface area contributed by atoms with Crippen LogP contribution in [0.25, 0.3) is 0 Å². The first-order valence-electron chi connectivity index (χ1n) is 4.01. The summed E-state index contributed by atoms with van der Waals surface area (Å²) < 4.78 is 25.1. The number of hydrogen-bond acceptors (Lipinski definition) is 3. The Labute approximate surface area is 81.0 Å². The van der Waals surface area contributed by atoms with E-state index in [0.29, 0.717) is 11.4 Å². The second-order valence-corrected chi connectivity index (χ2v) is 2.80. The standard InChI is InChI=1S/C9H12F2N2O/c1-13(14-2)8-4-3-6(12)5-7(8)9(10)11/h3-5,9H,12H2,1-2H3. The smallest absolute Gasteiger partial charge is 0.266 e. The number of anilines is 2. The number of halogens is 2. The molecule has 0 heterocycles. The fourth-order valence-electron chi connectivity index (χ4n) is 1.13. The molecule has 1 aromatic rings. The third kappa shape index (κ3) is 2.11. The number of hydrogen-bond donors (Lipinski definition) is 1. The number of nitrogens with two attached hydrogens (primary N) is 1. The molecule has 0 unspecified atom stereocenters. The number of nitrogens with zero attached hydrogens (tertiary/aromatic N) is 1. The fourth-order valence-corrected chi connectivity index (χ4v) is 1.13. The molecular weight excluding hydrogens is 190 g/mol. The molecule has 0 fully saturated rings. The second-order valence-electron chi connectivity index (χ2n) is 2.80. The maximum absolute atomic E-state index is 12.6. The molecule has 14 heavy (non-hydrogen) atoms. The second kappa shape index (κ2) is 4.23. The summed E-state index contributed by atoms with van der Waals surface area (Å²) in [4.78, 5) is 4.83. The SMILES string of the molecule is CON(C)c1ccc(N)cc1C(F)F. The topological polar surface area (TPSA) is 38.5 Å². The van der Waals surface area contributed by atoms with Gasteiger partial charge in [0.25, 0.3) is 6.43 Å². The van der Waals surface area contributed by atoms with Crippen LogP contribution in [0.4, 0.5) is 20.2 Å². The molecule has 78 valence electrons. The lowest BCUT2D eigenvalue weighted by Crippen LogP contribution is -2.16. The van der Waals surface area contributed by atoms with E-state index < -0.39 is 6.43 Å². The van der Waals surface area contributed by atoms with Crippen LogP contribution in [0.15, 0.2) is 18.2 Å². The molecule has 0 radical (unpaired) electrons. The molecule has 0 saturated heterocycles. The van der Waals surface area contributed by atoms with Crippen LogP contribution in [0.2, 0.25) is 0 Å². The van der Waals surface area contributed by atoms with Crippen LogP contribution in [0, 0.1) is 0 Å². The van der Waals surface area contributed by atoms with E-state index in [0.717, 1.165) is 0 Å². The molecule has 0 aliphatic heterocycles. The van der Waals surface area contributed by atoms with E-state index in [4.69, 9.17) is 10.6 Å². The maximum Gasteiger partial charge on any atom is 0.266 e. The lowest BCUT2D eigenvalue weighted by atomic mass is 10.1. The van der Waals surface area contributed by atoms with E-state index >= 15 is 0 Å². The number of alkyl halides is 2. The van der Waals surface area contributed by atoms with Gasteiger partial charge in [-0.3, -0.25) is 9.90 Å². The zero-order valence-corrected chi connectivity index (χ0v) is 8.00. The zero-order chi connectivity index (χ0) is 10.7. The van der Waals surface area contributed by atoms with Crippen molar-refractivity contribution in [3.05, 3.63) is 23.8 Å². The highest BCUT2D eigenvalue weighted by atomic mass is 19.3. The summed E-state index contributed by atoms with van der Waals surface area (Å²) in [5, 5.41) is 1.26. The minimum Gasteiger partial charge on any atom is -0.399 e. The van der Waals surface area contributed by atoms with Crippen molar-refractivity contribution in [1.82, 2.24) is 0 Å². The maximum atomic E-state index is 12.6. The van der Waals surface area contributed by atoms with Gasteiger partial charge in [0.15, 0.2) is 0 Å². The summed E-state index contributed by atoms with van der Waals surface area (Å²) >= 11 is 0. The van der Waals surface area contributed by atoms with Crippen molar-refractivity contribution in [2.75, 3.05) is 25.0 Å². The van der Waals surface area contributed by atoms with Gasteiger partial charge in [0, 0.05) is 18.3 Å². The van der Waals surface area contributed by atoms with Gasteiger partial charge in [-0.15, -0.1) is 0 Å². The van der Waals surface area contributed by atoms with Crippen LogP contribution < -0.4 is 10.8 Å². The summed E-state index contributed by atoms with van der Waals surface area (Å²) in [6.45, 7) is 0. The predicted molar refractivity (Wildman–Crippen MR) is 51.2 cm³/mol. The Kier molecular flexibility index (Phi) is 3.24. The molecule has 0 saturated carbocycles. The van der Waals surface area contributed by atoms with Crippen LogP contribution in [-0.2, 0) is 4.84 Å². The molecule has 0 bridgehead atoms. The molecular formula is C9H12F2N2O. The summed E-state index contributed by atoms with van der Waals surface area (Å²) in [5.41, 5.74) is 5.91. The lowest BCUT2D eigenvalue weighted by molar-refractivity contribution is 0.145. The van der Waals surface area contributed by atoms with E-state index in [1.807, 2.05) is 0 Å². The van der Waals surface area contributed by atoms with Gasteiger partial charge >= 0.3 is 0 Å². The van der Waals surface area contributed by atoms with E-state index in [2.05, 4.69) is 0 Å². The number of nitrogen functional groups attached to an aromatic ring is 1. The number of rotatable bonds is 3. The molecule has 1 aromatic carbocycles. The first-order valence-corrected chi connectivity index (χ1v) is 4.01. The summed E-state index contributed by atoms with van der Waals surface area (Å²) in [6, 6.07) is 4.30. The highest BCUT2D eigenvalue weighted by Crippen LogP contribution is 2.30. The third-order valence-electron chi connectivity index (χ3n) is 1.90. The molecule has 0 amide bonds. The zero-order valence-electron chi connectivity index (χ0n) is 8.00. The largest absolute Gasteiger partial charge is 0.399 e. The van der Waals surface area contributed by atoms with Gasteiger partial charge < -0.3 is 5.73 Å². The highest BCUT2D eigenvalue weighted by Gasteiger charge is 2.15. The summed E-state index contributed by atoms with van der Waals surface area (Å²) in [6.07, 6.45) is -2.56. The monoisotopic (exact) mass is 202 g/mol. The molecule has 1 rings (SSSR count). The van der Waals surface area contributed by atoms with E-state index in [9.17, 15) is 8.78 Å². The minimum atomic E-state index is -2.56. The summed E-state index contributed by atoms with van der Waals surface area (Å²) in [5.74, 6) is 0. The first kappa shape index (κ1) is 10.7. The van der Waals surface area contributed by atoms with Gasteiger partial charge in [0.2, 0.25) is 0 Å². The van der Waals surface area contributed by atoms with Gasteiger partial charge in [-0.2, -0.15) is 0 Å². The van der Waals surface area contributed by atoms with Crippen LogP contribution in [0.5, 0.6) is 0 Å². The van der Waals surface area contributed by atoms with Crippen molar-refractivity contribution in [3.8, 4) is 0 Å². The van der Waals surface area contributed by atoms with Gasteiger partial charge in [-0.1, -0.05) is 0 Å². The Bertz CT molecular complexity index is 318. The average Bonchev–Trinajstić information content (AvgIpc) is 2.16. The lowest BCUT2D eigenvalue weighted by Gasteiger charge is -2.19. The number of hydroxylamine groups is 1. The van der Waals surface area contributed by atoms with Crippen LogP contribution in [-0.4, -0.2) is 14.2 Å². The summed E-state index contributed by atoms with van der Waals surface area (Å²) in [7, 11) is 2.96. The molecule has 3 nitrogen and oxygen atoms in total. The Morgan fingerprint density at radius 3 is 2.57 bits per heavy atom. The predicted octanol–water partition coefficient (Wildman–Crippen LogP) is 2.20. The van der Waals surface area contributed by atoms with Crippen LogP contribution in [0.1, 0.15) is 12.0 Å².